The highest BCUT2D eigenvalue weighted by molar-refractivity contribution is 7.16. The smallest absolute Gasteiger partial charge is 0.351 e. The van der Waals surface area contributed by atoms with Crippen molar-refractivity contribution in [1.82, 2.24) is 4.98 Å². The number of alkyl halides is 3. The van der Waals surface area contributed by atoms with Crippen molar-refractivity contribution in [3.63, 3.8) is 0 Å². The van der Waals surface area contributed by atoms with Crippen molar-refractivity contribution in [2.45, 2.75) is 12.7 Å². The summed E-state index contributed by atoms with van der Waals surface area (Å²) in [5, 5.41) is 0. The zero-order chi connectivity index (χ0) is 17.3. The maximum Gasteiger partial charge on any atom is 0.416 e. The normalized spacial score (nSPS) is 11.6. The van der Waals surface area contributed by atoms with E-state index >= 15 is 0 Å². The predicted molar refractivity (Wildman–Crippen MR) is 86.8 cm³/mol. The van der Waals surface area contributed by atoms with Gasteiger partial charge in [-0.3, -0.25) is 4.90 Å². The first-order valence-electron chi connectivity index (χ1n) is 6.91. The van der Waals surface area contributed by atoms with Gasteiger partial charge in [0.1, 0.15) is 0 Å². The lowest BCUT2D eigenvalue weighted by molar-refractivity contribution is -0.137. The molecular weight excluding hydrogens is 339 g/mol. The van der Waals surface area contributed by atoms with Crippen LogP contribution in [0.4, 0.5) is 23.7 Å². The third-order valence-corrected chi connectivity index (χ3v) is 4.31. The Morgan fingerprint density at radius 2 is 1.88 bits per heavy atom. The van der Waals surface area contributed by atoms with E-state index in [1.807, 2.05) is 0 Å². The Kier molecular flexibility index (Phi) is 4.15. The lowest BCUT2D eigenvalue weighted by atomic mass is 10.1. The summed E-state index contributed by atoms with van der Waals surface area (Å²) in [6.45, 7) is 0.0811. The van der Waals surface area contributed by atoms with Crippen molar-refractivity contribution in [3.8, 4) is 0 Å². The number of thiazole rings is 1. The summed E-state index contributed by atoms with van der Waals surface area (Å²) in [5.74, 6) is 0. The standard InChI is InChI=1S/C16H12F3N3OS/c17-16(18,19)11-3-1-10(2-4-11)8-22(15(20)23)12-5-6-13-14(7-12)24-9-21-13/h1-7,9H,8H2,(H2,20,23). The first-order valence-corrected chi connectivity index (χ1v) is 7.79. The van der Waals surface area contributed by atoms with Crippen molar-refractivity contribution in [2.75, 3.05) is 4.90 Å². The van der Waals surface area contributed by atoms with E-state index in [0.29, 0.717) is 11.3 Å². The zero-order valence-corrected chi connectivity index (χ0v) is 13.1. The minimum absolute atomic E-state index is 0.0811. The van der Waals surface area contributed by atoms with Gasteiger partial charge in [-0.1, -0.05) is 12.1 Å². The molecule has 1 aromatic heterocycles. The van der Waals surface area contributed by atoms with Gasteiger partial charge < -0.3 is 5.73 Å². The van der Waals surface area contributed by atoms with Crippen LogP contribution in [-0.4, -0.2) is 11.0 Å². The molecule has 3 rings (SSSR count). The average molecular weight is 351 g/mol. The van der Waals surface area contributed by atoms with Gasteiger partial charge >= 0.3 is 12.2 Å². The lowest BCUT2D eigenvalue weighted by Crippen LogP contribution is -2.35. The number of fused-ring (bicyclic) bond motifs is 1. The van der Waals surface area contributed by atoms with Gasteiger partial charge in [-0.05, 0) is 35.9 Å². The molecule has 2 N–H and O–H groups in total. The minimum atomic E-state index is -4.39. The van der Waals surface area contributed by atoms with Crippen LogP contribution >= 0.6 is 11.3 Å². The van der Waals surface area contributed by atoms with Crippen LogP contribution in [0.1, 0.15) is 11.1 Å². The van der Waals surface area contributed by atoms with Crippen molar-refractivity contribution in [1.29, 1.82) is 0 Å². The lowest BCUT2D eigenvalue weighted by Gasteiger charge is -2.21. The number of hydrogen-bond donors (Lipinski definition) is 1. The van der Waals surface area contributed by atoms with Gasteiger partial charge in [-0.2, -0.15) is 13.2 Å². The molecule has 2 amide bonds. The van der Waals surface area contributed by atoms with Gasteiger partial charge in [0.15, 0.2) is 0 Å². The SMILES string of the molecule is NC(=O)N(Cc1ccc(C(F)(F)F)cc1)c1ccc2ncsc2c1. The summed E-state index contributed by atoms with van der Waals surface area (Å²) in [6, 6.07) is 9.22. The van der Waals surface area contributed by atoms with E-state index in [1.165, 1.54) is 28.4 Å². The van der Waals surface area contributed by atoms with E-state index in [2.05, 4.69) is 4.98 Å². The summed E-state index contributed by atoms with van der Waals surface area (Å²) in [6.07, 6.45) is -4.39. The van der Waals surface area contributed by atoms with Crippen LogP contribution < -0.4 is 10.6 Å². The van der Waals surface area contributed by atoms with E-state index in [1.54, 1.807) is 23.7 Å². The van der Waals surface area contributed by atoms with Crippen LogP contribution in [0.15, 0.2) is 48.0 Å². The van der Waals surface area contributed by atoms with Crippen molar-refractivity contribution in [2.24, 2.45) is 5.73 Å². The number of halogens is 3. The number of nitrogens with zero attached hydrogens (tertiary/aromatic N) is 2. The van der Waals surface area contributed by atoms with Crippen LogP contribution in [0.2, 0.25) is 0 Å². The van der Waals surface area contributed by atoms with E-state index in [-0.39, 0.29) is 6.54 Å². The van der Waals surface area contributed by atoms with Gasteiger partial charge in [-0.25, -0.2) is 9.78 Å². The summed E-state index contributed by atoms with van der Waals surface area (Å²) >= 11 is 1.43. The predicted octanol–water partition coefficient (Wildman–Crippen LogP) is 4.40. The van der Waals surface area contributed by atoms with Crippen LogP contribution in [0, 0.1) is 0 Å². The third-order valence-electron chi connectivity index (χ3n) is 3.51. The monoisotopic (exact) mass is 351 g/mol. The molecule has 8 heteroatoms. The Bertz CT molecular complexity index is 874. The summed E-state index contributed by atoms with van der Waals surface area (Å²) in [4.78, 5) is 17.2. The van der Waals surface area contributed by atoms with Gasteiger partial charge in [0.05, 0.1) is 27.8 Å². The highest BCUT2D eigenvalue weighted by Gasteiger charge is 2.30. The fourth-order valence-corrected chi connectivity index (χ4v) is 3.00. The van der Waals surface area contributed by atoms with Crippen LogP contribution in [0.3, 0.4) is 0 Å². The van der Waals surface area contributed by atoms with Crippen molar-refractivity contribution < 1.29 is 18.0 Å². The van der Waals surface area contributed by atoms with Gasteiger partial charge in [0, 0.05) is 5.69 Å². The molecule has 0 fully saturated rings. The number of hydrogen-bond acceptors (Lipinski definition) is 3. The Labute approximate surface area is 139 Å². The summed E-state index contributed by atoms with van der Waals surface area (Å²) < 4.78 is 38.7. The van der Waals surface area contributed by atoms with Gasteiger partial charge in [-0.15, -0.1) is 11.3 Å². The number of carbonyl (C=O) groups is 1. The van der Waals surface area contributed by atoms with Gasteiger partial charge in [0.25, 0.3) is 0 Å². The molecule has 0 radical (unpaired) electrons. The molecule has 4 nitrogen and oxygen atoms in total. The number of carbonyl (C=O) groups excluding carboxylic acids is 1. The number of amides is 2. The fraction of sp³-hybridized carbons (Fsp3) is 0.125. The molecule has 0 bridgehead atoms. The maximum absolute atomic E-state index is 12.6. The average Bonchev–Trinajstić information content (AvgIpc) is 2.99. The number of aromatic nitrogens is 1. The molecule has 0 aliphatic carbocycles. The van der Waals surface area contributed by atoms with E-state index in [4.69, 9.17) is 5.73 Å². The Morgan fingerprint density at radius 3 is 2.50 bits per heavy atom. The number of benzene rings is 2. The summed E-state index contributed by atoms with van der Waals surface area (Å²) in [7, 11) is 0. The molecular formula is C16H12F3N3OS. The number of rotatable bonds is 3. The minimum Gasteiger partial charge on any atom is -0.351 e. The highest BCUT2D eigenvalue weighted by atomic mass is 32.1. The third kappa shape index (κ3) is 3.33. The van der Waals surface area contributed by atoms with E-state index < -0.39 is 17.8 Å². The Balaban J connectivity index is 1.87. The second-order valence-corrected chi connectivity index (χ2v) is 6.01. The molecule has 3 aromatic rings. The molecule has 0 saturated carbocycles. The van der Waals surface area contributed by atoms with Crippen LogP contribution in [-0.2, 0) is 12.7 Å². The quantitative estimate of drug-likeness (QED) is 0.760. The molecule has 1 heterocycles. The number of primary amides is 1. The number of urea groups is 1. The molecule has 2 aromatic carbocycles. The zero-order valence-electron chi connectivity index (χ0n) is 12.2. The van der Waals surface area contributed by atoms with Crippen molar-refractivity contribution >= 4 is 33.3 Å². The van der Waals surface area contributed by atoms with E-state index in [9.17, 15) is 18.0 Å². The molecule has 124 valence electrons. The molecule has 0 spiro atoms. The molecule has 0 unspecified atom stereocenters. The first-order chi connectivity index (χ1) is 11.3. The summed E-state index contributed by atoms with van der Waals surface area (Å²) in [5.41, 5.74) is 8.31. The van der Waals surface area contributed by atoms with Crippen molar-refractivity contribution in [3.05, 3.63) is 59.1 Å². The van der Waals surface area contributed by atoms with Crippen LogP contribution in [0.25, 0.3) is 10.2 Å². The first kappa shape index (κ1) is 16.3. The van der Waals surface area contributed by atoms with Crippen LogP contribution in [0.5, 0.6) is 0 Å². The number of anilines is 1. The topological polar surface area (TPSA) is 59.2 Å². The highest BCUT2D eigenvalue weighted by Crippen LogP contribution is 2.30. The molecule has 0 saturated heterocycles. The molecule has 0 aliphatic rings. The van der Waals surface area contributed by atoms with Gasteiger partial charge in [0.2, 0.25) is 0 Å². The fourth-order valence-electron chi connectivity index (χ4n) is 2.29. The Hall–Kier alpha value is -2.61. The molecule has 0 aliphatic heterocycles. The maximum atomic E-state index is 12.6. The second-order valence-electron chi connectivity index (χ2n) is 5.12. The molecule has 24 heavy (non-hydrogen) atoms. The van der Waals surface area contributed by atoms with E-state index in [0.717, 1.165) is 22.3 Å². The second kappa shape index (κ2) is 6.12. The molecule has 0 atom stereocenters. The largest absolute Gasteiger partial charge is 0.416 e. The number of nitrogens with two attached hydrogens (primary N) is 1. The Morgan fingerprint density at radius 1 is 1.17 bits per heavy atom.